The largest absolute Gasteiger partial charge is 0.351 e. The Morgan fingerprint density at radius 2 is 1.94 bits per heavy atom. The third-order valence-electron chi connectivity index (χ3n) is 2.77. The molecule has 0 aromatic carbocycles. The Morgan fingerprint density at radius 3 is 2.47 bits per heavy atom. The second-order valence-corrected chi connectivity index (χ2v) is 5.90. The molecule has 0 spiro atoms. The molecule has 0 radical (unpaired) electrons. The smallest absolute Gasteiger partial charge is 0.233 e. The van der Waals surface area contributed by atoms with Gasteiger partial charge in [0.25, 0.3) is 0 Å². The van der Waals surface area contributed by atoms with Crippen molar-refractivity contribution in [3.63, 3.8) is 0 Å². The summed E-state index contributed by atoms with van der Waals surface area (Å²) >= 11 is 1.73. The minimum Gasteiger partial charge on any atom is -0.351 e. The van der Waals surface area contributed by atoms with Gasteiger partial charge in [0.15, 0.2) is 0 Å². The molecule has 0 saturated carbocycles. The standard InChI is InChI=1S/C13H28N2OS/c1-4-6-8-12(10-14)15-13(16)11(3)17-9-7-5-2/h11-12H,4-10,14H2,1-3H3,(H,15,16). The van der Waals surface area contributed by atoms with Crippen LogP contribution in [-0.2, 0) is 4.79 Å². The van der Waals surface area contributed by atoms with E-state index in [1.54, 1.807) is 11.8 Å². The van der Waals surface area contributed by atoms with Gasteiger partial charge < -0.3 is 11.1 Å². The monoisotopic (exact) mass is 260 g/mol. The van der Waals surface area contributed by atoms with Crippen molar-refractivity contribution >= 4 is 17.7 Å². The summed E-state index contributed by atoms with van der Waals surface area (Å²) in [7, 11) is 0. The Hall–Kier alpha value is -0.220. The Bertz CT molecular complexity index is 200. The summed E-state index contributed by atoms with van der Waals surface area (Å²) in [6, 6.07) is 0.150. The van der Waals surface area contributed by atoms with Gasteiger partial charge in [-0.05, 0) is 25.5 Å². The third-order valence-corrected chi connectivity index (χ3v) is 4.01. The molecule has 0 fully saturated rings. The van der Waals surface area contributed by atoms with Gasteiger partial charge in [-0.15, -0.1) is 11.8 Å². The summed E-state index contributed by atoms with van der Waals surface area (Å²) in [5.41, 5.74) is 5.66. The second-order valence-electron chi connectivity index (χ2n) is 4.45. The molecular weight excluding hydrogens is 232 g/mol. The molecule has 0 heterocycles. The highest BCUT2D eigenvalue weighted by atomic mass is 32.2. The van der Waals surface area contributed by atoms with Gasteiger partial charge in [0.1, 0.15) is 0 Å². The molecular formula is C13H28N2OS. The average Bonchev–Trinajstić information content (AvgIpc) is 2.34. The number of hydrogen-bond donors (Lipinski definition) is 2. The van der Waals surface area contributed by atoms with Crippen LogP contribution in [0.4, 0.5) is 0 Å². The highest BCUT2D eigenvalue weighted by molar-refractivity contribution is 8.00. The summed E-state index contributed by atoms with van der Waals surface area (Å²) in [6.45, 7) is 6.83. The van der Waals surface area contributed by atoms with Crippen LogP contribution >= 0.6 is 11.8 Å². The molecule has 0 aromatic heterocycles. The summed E-state index contributed by atoms with van der Waals surface area (Å²) < 4.78 is 0. The number of thioether (sulfide) groups is 1. The Morgan fingerprint density at radius 1 is 1.29 bits per heavy atom. The van der Waals surface area contributed by atoms with Crippen LogP contribution in [0.25, 0.3) is 0 Å². The van der Waals surface area contributed by atoms with Crippen LogP contribution in [0.1, 0.15) is 52.9 Å². The maximum atomic E-state index is 11.9. The fourth-order valence-corrected chi connectivity index (χ4v) is 2.53. The van der Waals surface area contributed by atoms with Crippen LogP contribution < -0.4 is 11.1 Å². The van der Waals surface area contributed by atoms with E-state index in [9.17, 15) is 4.79 Å². The maximum Gasteiger partial charge on any atom is 0.233 e. The quantitative estimate of drug-likeness (QED) is 0.594. The normalized spacial score (nSPS) is 14.4. The predicted octanol–water partition coefficient (Wildman–Crippen LogP) is 2.54. The van der Waals surface area contributed by atoms with Crippen LogP contribution in [0, 0.1) is 0 Å². The summed E-state index contributed by atoms with van der Waals surface area (Å²) in [4.78, 5) is 11.9. The zero-order valence-electron chi connectivity index (χ0n) is 11.5. The predicted molar refractivity (Wildman–Crippen MR) is 77.3 cm³/mol. The first kappa shape index (κ1) is 16.8. The molecule has 3 N–H and O–H groups in total. The van der Waals surface area contributed by atoms with Crippen molar-refractivity contribution in [1.29, 1.82) is 0 Å². The van der Waals surface area contributed by atoms with Crippen molar-refractivity contribution in [2.24, 2.45) is 5.73 Å². The zero-order chi connectivity index (χ0) is 13.1. The Kier molecular flexibility index (Phi) is 10.8. The van der Waals surface area contributed by atoms with Gasteiger partial charge in [0, 0.05) is 12.6 Å². The zero-order valence-corrected chi connectivity index (χ0v) is 12.3. The molecule has 0 bridgehead atoms. The number of nitrogens with one attached hydrogen (secondary N) is 1. The minimum absolute atomic E-state index is 0.0391. The Balaban J connectivity index is 3.86. The first-order chi connectivity index (χ1) is 8.15. The SMILES string of the molecule is CCCCSC(C)C(=O)NC(CN)CCCC. The van der Waals surface area contributed by atoms with Crippen molar-refractivity contribution in [2.75, 3.05) is 12.3 Å². The second kappa shape index (κ2) is 10.9. The van der Waals surface area contributed by atoms with Gasteiger partial charge in [0.05, 0.1) is 5.25 Å². The van der Waals surface area contributed by atoms with Crippen molar-refractivity contribution in [3.8, 4) is 0 Å². The van der Waals surface area contributed by atoms with Crippen molar-refractivity contribution in [2.45, 2.75) is 64.2 Å². The van der Waals surface area contributed by atoms with Crippen LogP contribution in [0.2, 0.25) is 0 Å². The topological polar surface area (TPSA) is 55.1 Å². The summed E-state index contributed by atoms with van der Waals surface area (Å²) in [6.07, 6.45) is 5.62. The minimum atomic E-state index is 0.0391. The first-order valence-corrected chi connectivity index (χ1v) is 7.82. The molecule has 2 unspecified atom stereocenters. The lowest BCUT2D eigenvalue weighted by Gasteiger charge is -2.19. The van der Waals surface area contributed by atoms with Crippen molar-refractivity contribution < 1.29 is 4.79 Å². The van der Waals surface area contributed by atoms with Crippen LogP contribution in [0.5, 0.6) is 0 Å². The van der Waals surface area contributed by atoms with E-state index in [0.717, 1.165) is 25.0 Å². The van der Waals surface area contributed by atoms with E-state index in [-0.39, 0.29) is 17.2 Å². The molecule has 102 valence electrons. The molecule has 4 heteroatoms. The van der Waals surface area contributed by atoms with Gasteiger partial charge in [-0.2, -0.15) is 0 Å². The van der Waals surface area contributed by atoms with Crippen molar-refractivity contribution in [1.82, 2.24) is 5.32 Å². The molecule has 3 nitrogen and oxygen atoms in total. The highest BCUT2D eigenvalue weighted by Crippen LogP contribution is 2.13. The van der Waals surface area contributed by atoms with Crippen molar-refractivity contribution in [3.05, 3.63) is 0 Å². The summed E-state index contributed by atoms with van der Waals surface area (Å²) in [5, 5.41) is 3.08. The van der Waals surface area contributed by atoms with E-state index in [2.05, 4.69) is 19.2 Å². The maximum absolute atomic E-state index is 11.9. The van der Waals surface area contributed by atoms with Gasteiger partial charge in [-0.1, -0.05) is 33.1 Å². The highest BCUT2D eigenvalue weighted by Gasteiger charge is 2.16. The van der Waals surface area contributed by atoms with Crippen LogP contribution in [0.3, 0.4) is 0 Å². The van der Waals surface area contributed by atoms with E-state index in [0.29, 0.717) is 6.54 Å². The molecule has 17 heavy (non-hydrogen) atoms. The first-order valence-electron chi connectivity index (χ1n) is 6.77. The third kappa shape index (κ3) is 8.50. The lowest BCUT2D eigenvalue weighted by Crippen LogP contribution is -2.43. The molecule has 0 rings (SSSR count). The van der Waals surface area contributed by atoms with Crippen LogP contribution in [-0.4, -0.2) is 29.5 Å². The fraction of sp³-hybridized carbons (Fsp3) is 0.923. The molecule has 0 aliphatic heterocycles. The van der Waals surface area contributed by atoms with E-state index in [4.69, 9.17) is 5.73 Å². The van der Waals surface area contributed by atoms with E-state index in [1.807, 2.05) is 6.92 Å². The van der Waals surface area contributed by atoms with Gasteiger partial charge in [-0.25, -0.2) is 0 Å². The molecule has 2 atom stereocenters. The van der Waals surface area contributed by atoms with E-state index >= 15 is 0 Å². The summed E-state index contributed by atoms with van der Waals surface area (Å²) in [5.74, 6) is 1.20. The van der Waals surface area contributed by atoms with Crippen LogP contribution in [0.15, 0.2) is 0 Å². The number of rotatable bonds is 10. The lowest BCUT2D eigenvalue weighted by molar-refractivity contribution is -0.121. The van der Waals surface area contributed by atoms with Gasteiger partial charge in [-0.3, -0.25) is 4.79 Å². The number of unbranched alkanes of at least 4 members (excludes halogenated alkanes) is 2. The molecule has 0 aliphatic carbocycles. The molecule has 0 aliphatic rings. The molecule has 0 aromatic rings. The van der Waals surface area contributed by atoms with Gasteiger partial charge in [0.2, 0.25) is 5.91 Å². The molecule has 0 saturated heterocycles. The lowest BCUT2D eigenvalue weighted by atomic mass is 10.1. The number of nitrogens with two attached hydrogens (primary N) is 1. The number of carbonyl (C=O) groups excluding carboxylic acids is 1. The fourth-order valence-electron chi connectivity index (χ4n) is 1.50. The van der Waals surface area contributed by atoms with E-state index in [1.165, 1.54) is 12.8 Å². The average molecular weight is 260 g/mol. The number of carbonyl (C=O) groups is 1. The number of amides is 1. The number of hydrogen-bond acceptors (Lipinski definition) is 3. The van der Waals surface area contributed by atoms with E-state index < -0.39 is 0 Å². The molecule has 1 amide bonds. The van der Waals surface area contributed by atoms with Gasteiger partial charge >= 0.3 is 0 Å². The Labute approximate surface area is 110 Å².